The average molecular weight is 465 g/mol. The molecule has 0 bridgehead atoms. The minimum absolute atomic E-state index is 0.0279. The predicted molar refractivity (Wildman–Crippen MR) is 140 cm³/mol. The van der Waals surface area contributed by atoms with E-state index in [4.69, 9.17) is 0 Å². The summed E-state index contributed by atoms with van der Waals surface area (Å²) in [5.41, 5.74) is 6.34. The van der Waals surface area contributed by atoms with Crippen molar-refractivity contribution in [1.29, 1.82) is 0 Å². The summed E-state index contributed by atoms with van der Waals surface area (Å²) in [6.07, 6.45) is -1.01. The predicted octanol–water partition coefficient (Wildman–Crippen LogP) is 5.93. The van der Waals surface area contributed by atoms with Crippen LogP contribution in [0, 0.1) is 10.1 Å². The molecule has 174 valence electrons. The quantitative estimate of drug-likeness (QED) is 0.200. The van der Waals surface area contributed by atoms with Crippen molar-refractivity contribution in [2.45, 2.75) is 12.8 Å². The minimum atomic E-state index is -1.01. The molecule has 1 heterocycles. The summed E-state index contributed by atoms with van der Waals surface area (Å²) < 4.78 is 0. The van der Waals surface area contributed by atoms with E-state index in [-0.39, 0.29) is 5.69 Å². The third-order valence-electron chi connectivity index (χ3n) is 5.90. The second-order valence-electron chi connectivity index (χ2n) is 8.23. The highest BCUT2D eigenvalue weighted by Crippen LogP contribution is 2.41. The number of hydrogen-bond acceptors (Lipinski definition) is 6. The minimum Gasteiger partial charge on any atom is -0.381 e. The maximum atomic E-state index is 11.4. The van der Waals surface area contributed by atoms with Gasteiger partial charge >= 0.3 is 0 Å². The molecule has 5 rings (SSSR count). The van der Waals surface area contributed by atoms with Crippen LogP contribution in [0.3, 0.4) is 0 Å². The Morgan fingerprint density at radius 1 is 0.886 bits per heavy atom. The molecular weight excluding hydrogens is 440 g/mol. The number of fused-ring (bicyclic) bond motifs is 1. The van der Waals surface area contributed by atoms with E-state index in [9.17, 15) is 15.2 Å². The molecule has 1 aliphatic heterocycles. The molecule has 1 atom stereocenters. The SMILES string of the molecule is O=[N+]([O-])c1ccc2c(c1)/C(=C(/Nc1ccc(CNc3ccccc3)cc1)c1ccccc1)C(O)N2. The van der Waals surface area contributed by atoms with Gasteiger partial charge in [-0.25, -0.2) is 0 Å². The molecule has 7 heteroatoms. The van der Waals surface area contributed by atoms with Crippen molar-refractivity contribution in [1.82, 2.24) is 0 Å². The van der Waals surface area contributed by atoms with E-state index in [2.05, 4.69) is 16.0 Å². The fourth-order valence-electron chi connectivity index (χ4n) is 4.14. The van der Waals surface area contributed by atoms with Crippen LogP contribution in [0.5, 0.6) is 0 Å². The van der Waals surface area contributed by atoms with Crippen LogP contribution in [0.25, 0.3) is 11.3 Å². The van der Waals surface area contributed by atoms with Gasteiger partial charge in [0.1, 0.15) is 0 Å². The lowest BCUT2D eigenvalue weighted by molar-refractivity contribution is -0.384. The Morgan fingerprint density at radius 3 is 2.26 bits per heavy atom. The Bertz CT molecular complexity index is 1370. The van der Waals surface area contributed by atoms with Gasteiger partial charge in [-0.15, -0.1) is 0 Å². The van der Waals surface area contributed by atoms with Gasteiger partial charge in [0.25, 0.3) is 5.69 Å². The van der Waals surface area contributed by atoms with Crippen LogP contribution < -0.4 is 16.0 Å². The van der Waals surface area contributed by atoms with Gasteiger partial charge in [-0.1, -0.05) is 60.7 Å². The summed E-state index contributed by atoms with van der Waals surface area (Å²) in [4.78, 5) is 11.0. The van der Waals surface area contributed by atoms with Gasteiger partial charge in [0.05, 0.1) is 10.6 Å². The number of nitro benzene ring substituents is 1. The summed E-state index contributed by atoms with van der Waals surface area (Å²) in [5.74, 6) is 0. The lowest BCUT2D eigenvalue weighted by Crippen LogP contribution is -2.16. The van der Waals surface area contributed by atoms with Crippen molar-refractivity contribution in [3.05, 3.63) is 130 Å². The van der Waals surface area contributed by atoms with Crippen molar-refractivity contribution in [2.24, 2.45) is 0 Å². The maximum Gasteiger partial charge on any atom is 0.270 e. The highest BCUT2D eigenvalue weighted by atomic mass is 16.6. The van der Waals surface area contributed by atoms with Crippen LogP contribution >= 0.6 is 0 Å². The van der Waals surface area contributed by atoms with Crippen LogP contribution in [0.2, 0.25) is 0 Å². The first-order valence-electron chi connectivity index (χ1n) is 11.3. The number of para-hydroxylation sites is 1. The monoisotopic (exact) mass is 464 g/mol. The number of aliphatic hydroxyl groups excluding tert-OH is 1. The number of non-ortho nitro benzene ring substituents is 1. The number of nitrogens with zero attached hydrogens (tertiary/aromatic N) is 1. The van der Waals surface area contributed by atoms with Crippen LogP contribution in [0.15, 0.2) is 103 Å². The van der Waals surface area contributed by atoms with E-state index in [1.54, 1.807) is 6.07 Å². The number of hydrogen-bond donors (Lipinski definition) is 4. The zero-order valence-corrected chi connectivity index (χ0v) is 18.8. The van der Waals surface area contributed by atoms with E-state index in [1.165, 1.54) is 12.1 Å². The Morgan fingerprint density at radius 2 is 1.57 bits per heavy atom. The molecule has 0 aliphatic carbocycles. The molecule has 4 N–H and O–H groups in total. The first kappa shape index (κ1) is 22.2. The standard InChI is InChI=1S/C28H24N4O3/c33-28-26(24-17-23(32(34)35)15-16-25(24)31-28)27(20-7-3-1-4-8-20)30-22-13-11-19(12-14-22)18-29-21-9-5-2-6-10-21/h1-17,28-31,33H,18H2/b27-26-. The van der Waals surface area contributed by atoms with Crippen LogP contribution in [-0.2, 0) is 6.54 Å². The normalized spacial score (nSPS) is 15.6. The van der Waals surface area contributed by atoms with Gasteiger partial charge in [-0.2, -0.15) is 0 Å². The van der Waals surface area contributed by atoms with Crippen molar-refractivity contribution in [3.8, 4) is 0 Å². The molecule has 0 fully saturated rings. The number of nitro groups is 1. The van der Waals surface area contributed by atoms with E-state index >= 15 is 0 Å². The van der Waals surface area contributed by atoms with Crippen LogP contribution in [0.4, 0.5) is 22.7 Å². The molecular formula is C28H24N4O3. The van der Waals surface area contributed by atoms with Gasteiger partial charge in [0, 0.05) is 46.9 Å². The fraction of sp³-hybridized carbons (Fsp3) is 0.0714. The molecule has 0 spiro atoms. The molecule has 0 aromatic heterocycles. The van der Waals surface area contributed by atoms with Gasteiger partial charge < -0.3 is 21.1 Å². The summed E-state index contributed by atoms with van der Waals surface area (Å²) >= 11 is 0. The topological polar surface area (TPSA) is 99.5 Å². The molecule has 1 aliphatic rings. The third kappa shape index (κ3) is 4.85. The lowest BCUT2D eigenvalue weighted by atomic mass is 9.99. The number of rotatable bonds is 7. The lowest BCUT2D eigenvalue weighted by Gasteiger charge is -2.18. The largest absolute Gasteiger partial charge is 0.381 e. The smallest absolute Gasteiger partial charge is 0.270 e. The first-order valence-corrected chi connectivity index (χ1v) is 11.3. The second-order valence-corrected chi connectivity index (χ2v) is 8.23. The molecule has 4 aromatic carbocycles. The van der Waals surface area contributed by atoms with E-state index < -0.39 is 11.2 Å². The van der Waals surface area contributed by atoms with Crippen molar-refractivity contribution in [3.63, 3.8) is 0 Å². The third-order valence-corrected chi connectivity index (χ3v) is 5.90. The van der Waals surface area contributed by atoms with Crippen molar-refractivity contribution >= 4 is 34.0 Å². The van der Waals surface area contributed by atoms with Crippen molar-refractivity contribution in [2.75, 3.05) is 16.0 Å². The van der Waals surface area contributed by atoms with E-state index in [1.807, 2.05) is 84.9 Å². The van der Waals surface area contributed by atoms with Crippen molar-refractivity contribution < 1.29 is 10.0 Å². The molecule has 0 amide bonds. The first-order chi connectivity index (χ1) is 17.1. The fourth-order valence-corrected chi connectivity index (χ4v) is 4.14. The Labute approximate surface area is 202 Å². The Balaban J connectivity index is 1.47. The molecule has 0 saturated carbocycles. The summed E-state index contributed by atoms with van der Waals surface area (Å²) in [5, 5.41) is 32.1. The number of aliphatic hydroxyl groups is 1. The molecule has 0 radical (unpaired) electrons. The molecule has 7 nitrogen and oxygen atoms in total. The number of nitrogens with one attached hydrogen (secondary N) is 3. The maximum absolute atomic E-state index is 11.4. The zero-order chi connectivity index (χ0) is 24.2. The van der Waals surface area contributed by atoms with Crippen LogP contribution in [0.1, 0.15) is 16.7 Å². The van der Waals surface area contributed by atoms with Gasteiger partial charge in [-0.3, -0.25) is 10.1 Å². The molecule has 4 aromatic rings. The second kappa shape index (κ2) is 9.70. The molecule has 0 saturated heterocycles. The van der Waals surface area contributed by atoms with Gasteiger partial charge in [0.2, 0.25) is 0 Å². The number of benzene rings is 4. The number of anilines is 3. The molecule has 1 unspecified atom stereocenters. The van der Waals surface area contributed by atoms with Gasteiger partial charge in [-0.05, 0) is 41.5 Å². The van der Waals surface area contributed by atoms with E-state index in [0.717, 1.165) is 22.5 Å². The van der Waals surface area contributed by atoms with Crippen LogP contribution in [-0.4, -0.2) is 16.3 Å². The zero-order valence-electron chi connectivity index (χ0n) is 18.8. The summed E-state index contributed by atoms with van der Waals surface area (Å²) in [6.45, 7) is 0.691. The van der Waals surface area contributed by atoms with Gasteiger partial charge in [0.15, 0.2) is 6.23 Å². The highest BCUT2D eigenvalue weighted by molar-refractivity contribution is 6.03. The molecule has 35 heavy (non-hydrogen) atoms. The Hall–Kier alpha value is -4.62. The average Bonchev–Trinajstić information content (AvgIpc) is 3.22. The Kier molecular flexibility index (Phi) is 6.15. The van der Waals surface area contributed by atoms with E-state index in [0.29, 0.717) is 29.1 Å². The summed E-state index contributed by atoms with van der Waals surface area (Å²) in [7, 11) is 0. The summed E-state index contributed by atoms with van der Waals surface area (Å²) in [6, 6.07) is 32.2. The highest BCUT2D eigenvalue weighted by Gasteiger charge is 2.30.